The van der Waals surface area contributed by atoms with Crippen molar-refractivity contribution in [2.24, 2.45) is 0 Å². The van der Waals surface area contributed by atoms with E-state index in [9.17, 15) is 9.90 Å². The number of aromatic nitrogens is 1. The molecule has 2 N–H and O–H groups in total. The Morgan fingerprint density at radius 1 is 1.38 bits per heavy atom. The van der Waals surface area contributed by atoms with Crippen LogP contribution in [0.4, 0.5) is 0 Å². The summed E-state index contributed by atoms with van der Waals surface area (Å²) < 4.78 is 5.06. The Labute approximate surface area is 127 Å². The molecule has 1 aromatic carbocycles. The molecule has 2 aromatic rings. The number of ether oxygens (including phenoxy) is 1. The van der Waals surface area contributed by atoms with Crippen molar-refractivity contribution in [3.8, 4) is 5.75 Å². The Kier molecular flexibility index (Phi) is 5.14. The van der Waals surface area contributed by atoms with E-state index in [1.807, 2.05) is 0 Å². The molecule has 1 aromatic heterocycles. The second kappa shape index (κ2) is 7.06. The van der Waals surface area contributed by atoms with Gasteiger partial charge in [-0.15, -0.1) is 0 Å². The van der Waals surface area contributed by atoms with Gasteiger partial charge in [-0.25, -0.2) is 0 Å². The summed E-state index contributed by atoms with van der Waals surface area (Å²) in [6.07, 6.45) is 2.39. The second-order valence-electron chi connectivity index (χ2n) is 4.36. The number of aliphatic hydroxyl groups is 1. The van der Waals surface area contributed by atoms with Crippen LogP contribution in [0.25, 0.3) is 0 Å². The largest absolute Gasteiger partial charge is 0.495 e. The highest BCUT2D eigenvalue weighted by atomic mass is 35.5. The van der Waals surface area contributed by atoms with Crippen molar-refractivity contribution in [3.05, 3.63) is 58.9 Å². The van der Waals surface area contributed by atoms with Gasteiger partial charge in [0.1, 0.15) is 5.75 Å². The number of halogens is 1. The molecule has 0 aliphatic heterocycles. The highest BCUT2D eigenvalue weighted by Gasteiger charge is 2.12. The molecule has 21 heavy (non-hydrogen) atoms. The van der Waals surface area contributed by atoms with Gasteiger partial charge in [-0.05, 0) is 35.9 Å². The van der Waals surface area contributed by atoms with Gasteiger partial charge in [0.05, 0.1) is 18.2 Å². The number of nitrogens with one attached hydrogen (secondary N) is 1. The molecule has 0 spiro atoms. The fraction of sp³-hybridized carbons (Fsp3) is 0.200. The van der Waals surface area contributed by atoms with E-state index in [-0.39, 0.29) is 12.5 Å². The minimum atomic E-state index is -0.786. The first-order valence-corrected chi connectivity index (χ1v) is 6.69. The molecular formula is C15H15ClN2O3. The molecule has 0 aliphatic rings. The average Bonchev–Trinajstić information content (AvgIpc) is 2.53. The molecule has 0 radical (unpaired) electrons. The normalized spacial score (nSPS) is 11.8. The van der Waals surface area contributed by atoms with E-state index in [0.29, 0.717) is 21.9 Å². The number of methoxy groups -OCH3 is 1. The van der Waals surface area contributed by atoms with Crippen molar-refractivity contribution in [1.82, 2.24) is 10.3 Å². The summed E-state index contributed by atoms with van der Waals surface area (Å²) >= 11 is 5.91. The molecule has 0 bridgehead atoms. The number of benzene rings is 1. The number of pyridine rings is 1. The van der Waals surface area contributed by atoms with Crippen LogP contribution < -0.4 is 10.1 Å². The lowest BCUT2D eigenvalue weighted by atomic mass is 10.1. The third-order valence-corrected chi connectivity index (χ3v) is 3.27. The molecule has 0 aliphatic carbocycles. The first-order valence-electron chi connectivity index (χ1n) is 6.31. The number of carbonyl (C=O) groups excluding carboxylic acids is 1. The van der Waals surface area contributed by atoms with Gasteiger partial charge in [0.25, 0.3) is 5.91 Å². The number of hydrogen-bond acceptors (Lipinski definition) is 4. The van der Waals surface area contributed by atoms with Crippen molar-refractivity contribution >= 4 is 17.5 Å². The number of nitrogens with zero attached hydrogens (tertiary/aromatic N) is 1. The number of amides is 1. The Morgan fingerprint density at radius 3 is 2.76 bits per heavy atom. The lowest BCUT2D eigenvalue weighted by Crippen LogP contribution is -2.28. The maximum atomic E-state index is 12.0. The molecule has 0 saturated heterocycles. The van der Waals surface area contributed by atoms with E-state index in [2.05, 4.69) is 10.3 Å². The van der Waals surface area contributed by atoms with Crippen molar-refractivity contribution in [3.63, 3.8) is 0 Å². The van der Waals surface area contributed by atoms with Crippen LogP contribution in [0.15, 0.2) is 42.7 Å². The van der Waals surface area contributed by atoms with Gasteiger partial charge in [0, 0.05) is 24.5 Å². The van der Waals surface area contributed by atoms with Crippen LogP contribution in [-0.4, -0.2) is 29.7 Å². The van der Waals surface area contributed by atoms with Gasteiger partial charge in [-0.2, -0.15) is 0 Å². The molecule has 1 atom stereocenters. The zero-order valence-electron chi connectivity index (χ0n) is 11.4. The number of rotatable bonds is 5. The Hall–Kier alpha value is -2.11. The van der Waals surface area contributed by atoms with E-state index in [0.717, 1.165) is 0 Å². The topological polar surface area (TPSA) is 71.5 Å². The average molecular weight is 307 g/mol. The van der Waals surface area contributed by atoms with E-state index < -0.39 is 6.10 Å². The van der Waals surface area contributed by atoms with Crippen LogP contribution >= 0.6 is 11.6 Å². The molecule has 5 nitrogen and oxygen atoms in total. The molecule has 6 heteroatoms. The monoisotopic (exact) mass is 306 g/mol. The van der Waals surface area contributed by atoms with Gasteiger partial charge in [0.15, 0.2) is 0 Å². The molecule has 1 amide bonds. The van der Waals surface area contributed by atoms with Gasteiger partial charge in [0.2, 0.25) is 0 Å². The summed E-state index contributed by atoms with van der Waals surface area (Å²) in [5.41, 5.74) is 1.11. The predicted octanol–water partition coefficient (Wildman–Crippen LogP) is 2.21. The Balaban J connectivity index is 1.99. The highest BCUT2D eigenvalue weighted by molar-refractivity contribution is 6.32. The zero-order chi connectivity index (χ0) is 15.2. The minimum absolute atomic E-state index is 0.105. The van der Waals surface area contributed by atoms with Crippen LogP contribution in [-0.2, 0) is 0 Å². The second-order valence-corrected chi connectivity index (χ2v) is 4.76. The fourth-order valence-corrected chi connectivity index (χ4v) is 1.99. The van der Waals surface area contributed by atoms with E-state index >= 15 is 0 Å². The van der Waals surface area contributed by atoms with Crippen LogP contribution in [0.2, 0.25) is 5.02 Å². The molecular weight excluding hydrogens is 292 g/mol. The minimum Gasteiger partial charge on any atom is -0.495 e. The molecule has 0 saturated carbocycles. The third-order valence-electron chi connectivity index (χ3n) is 2.96. The predicted molar refractivity (Wildman–Crippen MR) is 79.5 cm³/mol. The fourth-order valence-electron chi connectivity index (χ4n) is 1.80. The maximum Gasteiger partial charge on any atom is 0.251 e. The van der Waals surface area contributed by atoms with Crippen LogP contribution in [0.1, 0.15) is 22.0 Å². The van der Waals surface area contributed by atoms with Crippen LogP contribution in [0.3, 0.4) is 0 Å². The van der Waals surface area contributed by atoms with Gasteiger partial charge in [-0.3, -0.25) is 9.78 Å². The van der Waals surface area contributed by atoms with Crippen molar-refractivity contribution in [2.45, 2.75) is 6.10 Å². The molecule has 1 unspecified atom stereocenters. The summed E-state index contributed by atoms with van der Waals surface area (Å²) in [6, 6.07) is 8.13. The van der Waals surface area contributed by atoms with Gasteiger partial charge < -0.3 is 15.2 Å². The quantitative estimate of drug-likeness (QED) is 0.888. The highest BCUT2D eigenvalue weighted by Crippen LogP contribution is 2.25. The molecule has 1 heterocycles. The molecule has 2 rings (SSSR count). The molecule has 110 valence electrons. The summed E-state index contributed by atoms with van der Waals surface area (Å²) in [7, 11) is 1.48. The van der Waals surface area contributed by atoms with E-state index in [4.69, 9.17) is 16.3 Å². The maximum absolute atomic E-state index is 12.0. The van der Waals surface area contributed by atoms with Crippen molar-refractivity contribution < 1.29 is 14.6 Å². The first kappa shape index (κ1) is 15.3. The third kappa shape index (κ3) is 3.93. The first-order chi connectivity index (χ1) is 10.1. The van der Waals surface area contributed by atoms with Gasteiger partial charge >= 0.3 is 0 Å². The molecule has 0 fully saturated rings. The lowest BCUT2D eigenvalue weighted by Gasteiger charge is -2.12. The number of carbonyl (C=O) groups is 1. The smallest absolute Gasteiger partial charge is 0.251 e. The van der Waals surface area contributed by atoms with Crippen molar-refractivity contribution in [2.75, 3.05) is 13.7 Å². The van der Waals surface area contributed by atoms with Crippen LogP contribution in [0.5, 0.6) is 5.75 Å². The van der Waals surface area contributed by atoms with E-state index in [1.54, 1.807) is 42.7 Å². The lowest BCUT2D eigenvalue weighted by molar-refractivity contribution is 0.0916. The summed E-state index contributed by atoms with van der Waals surface area (Å²) in [5, 5.41) is 13.1. The zero-order valence-corrected chi connectivity index (χ0v) is 12.2. The number of aliphatic hydroxyl groups excluding tert-OH is 1. The number of hydrogen-bond donors (Lipinski definition) is 2. The standard InChI is InChI=1S/C15H15ClN2O3/c1-21-14-8-11(2-3-12(14)16)15(20)18-9-13(19)10-4-6-17-7-5-10/h2-8,13,19H,9H2,1H3,(H,18,20). The Morgan fingerprint density at radius 2 is 2.10 bits per heavy atom. The Bertz CT molecular complexity index is 620. The summed E-state index contributed by atoms with van der Waals surface area (Å²) in [5.74, 6) is 0.122. The van der Waals surface area contributed by atoms with Crippen molar-refractivity contribution in [1.29, 1.82) is 0 Å². The van der Waals surface area contributed by atoms with Gasteiger partial charge in [-0.1, -0.05) is 11.6 Å². The summed E-state index contributed by atoms with van der Waals surface area (Å²) in [6.45, 7) is 0.105. The summed E-state index contributed by atoms with van der Waals surface area (Å²) in [4.78, 5) is 15.9. The van der Waals surface area contributed by atoms with Crippen LogP contribution in [0, 0.1) is 0 Å². The SMILES string of the molecule is COc1cc(C(=O)NCC(O)c2ccncc2)ccc1Cl. The van der Waals surface area contributed by atoms with E-state index in [1.165, 1.54) is 7.11 Å².